The van der Waals surface area contributed by atoms with E-state index in [1.165, 1.54) is 0 Å². The van der Waals surface area contributed by atoms with Crippen LogP contribution in [-0.2, 0) is 0 Å². The molecule has 1 heterocycles. The summed E-state index contributed by atoms with van der Waals surface area (Å²) in [7, 11) is 2.33. The Bertz CT molecular complexity index is 94.9. The molecule has 7 heavy (non-hydrogen) atoms. The van der Waals surface area contributed by atoms with Gasteiger partial charge in [0.2, 0.25) is 0 Å². The molecule has 4 heteroatoms. The molecule has 1 N–H and O–H groups in total. The molecule has 0 aromatic carbocycles. The molecule has 3 nitrogen and oxygen atoms in total. The van der Waals surface area contributed by atoms with Gasteiger partial charge in [0.1, 0.15) is 0 Å². The van der Waals surface area contributed by atoms with Crippen molar-refractivity contribution in [1.29, 1.82) is 0 Å². The molecule has 0 saturated carbocycles. The van der Waals surface area contributed by atoms with Crippen LogP contribution >= 0.6 is 9.39 Å². The topological polar surface area (TPSA) is 32.3 Å². The summed E-state index contributed by atoms with van der Waals surface area (Å²) in [4.78, 5) is 10.4. The lowest BCUT2D eigenvalue weighted by atomic mass is 10.7. The molecule has 0 spiro atoms. The van der Waals surface area contributed by atoms with Crippen LogP contribution in [0.25, 0.3) is 0 Å². The fraction of sp³-hybridized carbons (Fsp3) is 0.667. The van der Waals surface area contributed by atoms with Crippen molar-refractivity contribution in [3.05, 3.63) is 0 Å². The molecule has 0 aromatic heterocycles. The van der Waals surface area contributed by atoms with Crippen LogP contribution in [0.15, 0.2) is 0 Å². The molecule has 40 valence electrons. The van der Waals surface area contributed by atoms with Crippen LogP contribution in [0, 0.1) is 0 Å². The van der Waals surface area contributed by atoms with Gasteiger partial charge in [-0.2, -0.15) is 0 Å². The first kappa shape index (κ1) is 4.85. The van der Waals surface area contributed by atoms with Crippen molar-refractivity contribution in [2.45, 2.75) is 0 Å². The number of rotatable bonds is 0. The van der Waals surface area contributed by atoms with E-state index >= 15 is 0 Å². The summed E-state index contributed by atoms with van der Waals surface area (Å²) in [6.45, 7) is 1.59. The van der Waals surface area contributed by atoms with Crippen LogP contribution in [0.4, 0.5) is 4.79 Å². The number of urea groups is 1. The minimum atomic E-state index is 0.00463. The molecular weight excluding hydrogens is 111 g/mol. The number of carbonyl (C=O) groups excluding carboxylic acids is 1. The van der Waals surface area contributed by atoms with Gasteiger partial charge in [-0.1, -0.05) is 0 Å². The summed E-state index contributed by atoms with van der Waals surface area (Å²) < 4.78 is 1.57. The lowest BCUT2D eigenvalue weighted by Gasteiger charge is -2.00. The summed E-state index contributed by atoms with van der Waals surface area (Å²) in [5.41, 5.74) is 0. The van der Waals surface area contributed by atoms with Crippen LogP contribution in [-0.4, -0.2) is 23.8 Å². The van der Waals surface area contributed by atoms with Crippen molar-refractivity contribution >= 4 is 15.4 Å². The van der Waals surface area contributed by atoms with E-state index in [2.05, 4.69) is 14.7 Å². The summed E-state index contributed by atoms with van der Waals surface area (Å²) in [5.74, 6) is 0. The highest BCUT2D eigenvalue weighted by molar-refractivity contribution is 7.14. The average molecular weight is 118 g/mol. The standard InChI is InChI=1S/C3H7N2OP/c6-3-4-1-2-5(3)7/h1-2,7H2,(H,4,6). The van der Waals surface area contributed by atoms with Gasteiger partial charge in [0.15, 0.2) is 0 Å². The van der Waals surface area contributed by atoms with Gasteiger partial charge in [0, 0.05) is 13.1 Å². The van der Waals surface area contributed by atoms with E-state index in [-0.39, 0.29) is 6.03 Å². The third-order valence-corrected chi connectivity index (χ3v) is 1.38. The van der Waals surface area contributed by atoms with Crippen molar-refractivity contribution < 1.29 is 4.79 Å². The van der Waals surface area contributed by atoms with E-state index in [4.69, 9.17) is 0 Å². The molecule has 0 bridgehead atoms. The zero-order chi connectivity index (χ0) is 5.28. The van der Waals surface area contributed by atoms with E-state index in [1.807, 2.05) is 0 Å². The third kappa shape index (κ3) is 0.829. The molecule has 1 aliphatic rings. The molecule has 1 unspecified atom stereocenters. The Balaban J connectivity index is 2.48. The molecule has 0 aliphatic carbocycles. The summed E-state index contributed by atoms with van der Waals surface area (Å²) >= 11 is 0. The first-order valence-electron chi connectivity index (χ1n) is 2.11. The maximum atomic E-state index is 10.4. The molecule has 2 amide bonds. The second-order valence-corrected chi connectivity index (χ2v) is 2.05. The number of hydrogen-bond donors (Lipinski definition) is 1. The van der Waals surface area contributed by atoms with E-state index in [9.17, 15) is 4.79 Å². The largest absolute Gasteiger partial charge is 0.336 e. The fourth-order valence-corrected chi connectivity index (χ4v) is 0.707. The maximum Gasteiger partial charge on any atom is 0.320 e. The summed E-state index contributed by atoms with van der Waals surface area (Å²) in [6.07, 6.45) is 0. The fourth-order valence-electron chi connectivity index (χ4n) is 0.486. The molecule has 1 fully saturated rings. The second kappa shape index (κ2) is 1.66. The van der Waals surface area contributed by atoms with Gasteiger partial charge in [-0.05, 0) is 9.39 Å². The minimum Gasteiger partial charge on any atom is -0.336 e. The first-order valence-corrected chi connectivity index (χ1v) is 2.62. The lowest BCUT2D eigenvalue weighted by molar-refractivity contribution is 0.238. The van der Waals surface area contributed by atoms with Crippen molar-refractivity contribution in [2.24, 2.45) is 0 Å². The summed E-state index contributed by atoms with van der Waals surface area (Å²) in [5, 5.41) is 2.64. The van der Waals surface area contributed by atoms with Gasteiger partial charge in [-0.25, -0.2) is 4.79 Å². The van der Waals surface area contributed by atoms with Gasteiger partial charge in [-0.3, -0.25) is 0 Å². The van der Waals surface area contributed by atoms with E-state index in [0.29, 0.717) is 0 Å². The van der Waals surface area contributed by atoms with Gasteiger partial charge < -0.3 is 9.99 Å². The molecule has 1 rings (SSSR count). The average Bonchev–Trinajstić information content (AvgIpc) is 1.91. The third-order valence-electron chi connectivity index (χ3n) is 0.890. The zero-order valence-corrected chi connectivity index (χ0v) is 5.00. The van der Waals surface area contributed by atoms with Crippen molar-refractivity contribution in [2.75, 3.05) is 13.1 Å². The van der Waals surface area contributed by atoms with Gasteiger partial charge in [-0.15, -0.1) is 0 Å². The van der Waals surface area contributed by atoms with E-state index in [0.717, 1.165) is 13.1 Å². The number of nitrogens with one attached hydrogen (secondary N) is 1. The highest BCUT2D eigenvalue weighted by Gasteiger charge is 2.13. The molecular formula is C3H7N2OP. The van der Waals surface area contributed by atoms with Crippen LogP contribution in [0.3, 0.4) is 0 Å². The Labute approximate surface area is 44.3 Å². The Kier molecular flexibility index (Phi) is 1.15. The zero-order valence-electron chi connectivity index (χ0n) is 3.85. The van der Waals surface area contributed by atoms with Gasteiger partial charge >= 0.3 is 6.03 Å². The SMILES string of the molecule is O=C1NCCN1P. The van der Waals surface area contributed by atoms with E-state index in [1.54, 1.807) is 4.67 Å². The van der Waals surface area contributed by atoms with Crippen LogP contribution in [0.2, 0.25) is 0 Å². The number of hydrogen-bond acceptors (Lipinski definition) is 1. The first-order chi connectivity index (χ1) is 3.30. The van der Waals surface area contributed by atoms with Crippen LogP contribution in [0.1, 0.15) is 0 Å². The lowest BCUT2D eigenvalue weighted by Crippen LogP contribution is -2.18. The highest BCUT2D eigenvalue weighted by atomic mass is 31.0. The Morgan fingerprint density at radius 1 is 1.86 bits per heavy atom. The molecule has 1 aliphatic heterocycles. The maximum absolute atomic E-state index is 10.4. The molecule has 0 radical (unpaired) electrons. The monoisotopic (exact) mass is 118 g/mol. The molecule has 1 atom stereocenters. The number of nitrogens with zero attached hydrogens (tertiary/aromatic N) is 1. The Hall–Kier alpha value is -0.300. The summed E-state index contributed by atoms with van der Waals surface area (Å²) in [6, 6.07) is 0.00463. The minimum absolute atomic E-state index is 0.00463. The van der Waals surface area contributed by atoms with Crippen molar-refractivity contribution in [3.63, 3.8) is 0 Å². The molecule has 0 aromatic rings. The van der Waals surface area contributed by atoms with Crippen LogP contribution < -0.4 is 5.32 Å². The number of amides is 2. The smallest absolute Gasteiger partial charge is 0.320 e. The predicted octanol–water partition coefficient (Wildman–Crippen LogP) is -0.198. The van der Waals surface area contributed by atoms with Gasteiger partial charge in [0.25, 0.3) is 0 Å². The molecule has 1 saturated heterocycles. The number of carbonyl (C=O) groups is 1. The normalized spacial score (nSPS) is 20.1. The van der Waals surface area contributed by atoms with Crippen molar-refractivity contribution in [3.8, 4) is 0 Å². The predicted molar refractivity (Wildman–Crippen MR) is 29.8 cm³/mol. The van der Waals surface area contributed by atoms with E-state index < -0.39 is 0 Å². The van der Waals surface area contributed by atoms with Crippen LogP contribution in [0.5, 0.6) is 0 Å². The highest BCUT2D eigenvalue weighted by Crippen LogP contribution is 2.01. The Morgan fingerprint density at radius 2 is 2.57 bits per heavy atom. The van der Waals surface area contributed by atoms with Gasteiger partial charge in [0.05, 0.1) is 0 Å². The second-order valence-electron chi connectivity index (χ2n) is 1.43. The van der Waals surface area contributed by atoms with Crippen molar-refractivity contribution in [1.82, 2.24) is 9.99 Å². The Morgan fingerprint density at radius 3 is 2.71 bits per heavy atom. The quantitative estimate of drug-likeness (QED) is 0.439.